The summed E-state index contributed by atoms with van der Waals surface area (Å²) in [5.74, 6) is 0. The Morgan fingerprint density at radius 3 is 1.88 bits per heavy atom. The first-order valence-electron chi connectivity index (χ1n) is 9.02. The van der Waals surface area contributed by atoms with E-state index in [4.69, 9.17) is 0 Å². The molecular formula is C20H26N3P. The third-order valence-electron chi connectivity index (χ3n) is 5.21. The van der Waals surface area contributed by atoms with Crippen LogP contribution in [0.5, 0.6) is 0 Å². The molecule has 126 valence electrons. The van der Waals surface area contributed by atoms with E-state index in [9.17, 15) is 0 Å². The van der Waals surface area contributed by atoms with Crippen LogP contribution in [0, 0.1) is 0 Å². The Bertz CT molecular complexity index is 649. The second-order valence-electron chi connectivity index (χ2n) is 6.59. The molecule has 0 aliphatic carbocycles. The van der Waals surface area contributed by atoms with Crippen LogP contribution in [-0.2, 0) is 0 Å². The van der Waals surface area contributed by atoms with Crippen molar-refractivity contribution in [2.75, 3.05) is 50.7 Å². The van der Waals surface area contributed by atoms with E-state index in [0.29, 0.717) is 0 Å². The van der Waals surface area contributed by atoms with Crippen LogP contribution in [0.25, 0.3) is 0 Å². The lowest BCUT2D eigenvalue weighted by Gasteiger charge is -2.37. The predicted molar refractivity (Wildman–Crippen MR) is 106 cm³/mol. The number of piperazine rings is 1. The van der Waals surface area contributed by atoms with Crippen molar-refractivity contribution in [3.63, 3.8) is 0 Å². The van der Waals surface area contributed by atoms with Crippen molar-refractivity contribution in [2.45, 2.75) is 6.92 Å². The molecule has 2 aromatic carbocycles. The number of para-hydroxylation sites is 2. The zero-order valence-corrected chi connectivity index (χ0v) is 15.4. The summed E-state index contributed by atoms with van der Waals surface area (Å²) >= 11 is 0. The maximum atomic E-state index is 2.62. The maximum absolute atomic E-state index is 2.62. The van der Waals surface area contributed by atoms with Gasteiger partial charge in [0.1, 0.15) is 0 Å². The third kappa shape index (κ3) is 3.21. The molecule has 0 spiro atoms. The van der Waals surface area contributed by atoms with Crippen molar-refractivity contribution in [1.29, 1.82) is 0 Å². The molecule has 2 aromatic rings. The summed E-state index contributed by atoms with van der Waals surface area (Å²) in [6.45, 7) is 10.5. The van der Waals surface area contributed by atoms with Crippen LogP contribution in [0.1, 0.15) is 6.92 Å². The van der Waals surface area contributed by atoms with E-state index >= 15 is 0 Å². The molecule has 4 heteroatoms. The van der Waals surface area contributed by atoms with E-state index in [1.165, 1.54) is 54.7 Å². The molecule has 0 aromatic heterocycles. The first-order chi connectivity index (χ1) is 11.8. The summed E-state index contributed by atoms with van der Waals surface area (Å²) in [5, 5.41) is 2.96. The molecule has 0 N–H and O–H groups in total. The predicted octanol–water partition coefficient (Wildman–Crippen LogP) is 2.40. The number of hydrogen-bond acceptors (Lipinski definition) is 3. The van der Waals surface area contributed by atoms with Crippen LogP contribution in [-0.4, -0.2) is 55.6 Å². The van der Waals surface area contributed by atoms with E-state index in [0.717, 1.165) is 21.7 Å². The fourth-order valence-corrected chi connectivity index (χ4v) is 5.06. The zero-order chi connectivity index (χ0) is 16.4. The second kappa shape index (κ2) is 7.23. The molecule has 1 fully saturated rings. The number of nitrogens with zero attached hydrogens (tertiary/aromatic N) is 3. The minimum atomic E-state index is 0.775. The molecule has 0 radical (unpaired) electrons. The number of fused-ring (bicyclic) bond motifs is 2. The van der Waals surface area contributed by atoms with Gasteiger partial charge < -0.3 is 9.80 Å². The number of likely N-dealkylation sites (N-methyl/N-ethyl adjacent to an activating group) is 1. The largest absolute Gasteiger partial charge is 0.339 e. The van der Waals surface area contributed by atoms with Gasteiger partial charge in [0, 0.05) is 61.3 Å². The SMILES string of the molecule is CCN1CCN(CCN2c3ccccc3Pc3ccccc32)CC1. The first-order valence-corrected chi connectivity index (χ1v) is 10.0. The Labute approximate surface area is 147 Å². The Kier molecular flexibility index (Phi) is 4.84. The third-order valence-corrected chi connectivity index (χ3v) is 6.60. The van der Waals surface area contributed by atoms with Crippen molar-refractivity contribution < 1.29 is 0 Å². The molecule has 2 heterocycles. The van der Waals surface area contributed by atoms with Gasteiger partial charge in [0.2, 0.25) is 0 Å². The van der Waals surface area contributed by atoms with E-state index in [2.05, 4.69) is 70.2 Å². The summed E-state index contributed by atoms with van der Waals surface area (Å²) in [6.07, 6.45) is 0. The quantitative estimate of drug-likeness (QED) is 0.792. The van der Waals surface area contributed by atoms with Gasteiger partial charge in [0.15, 0.2) is 0 Å². The lowest BCUT2D eigenvalue weighted by atomic mass is 10.2. The number of rotatable bonds is 4. The van der Waals surface area contributed by atoms with Crippen molar-refractivity contribution >= 4 is 30.6 Å². The number of benzene rings is 2. The van der Waals surface area contributed by atoms with Crippen molar-refractivity contribution in [3.8, 4) is 0 Å². The van der Waals surface area contributed by atoms with Crippen molar-refractivity contribution in [2.24, 2.45) is 0 Å². The van der Waals surface area contributed by atoms with Gasteiger partial charge >= 0.3 is 0 Å². The van der Waals surface area contributed by atoms with E-state index in [-0.39, 0.29) is 0 Å². The molecule has 24 heavy (non-hydrogen) atoms. The van der Waals surface area contributed by atoms with Gasteiger partial charge in [-0.3, -0.25) is 4.90 Å². The van der Waals surface area contributed by atoms with E-state index in [1.807, 2.05) is 0 Å². The summed E-state index contributed by atoms with van der Waals surface area (Å²) < 4.78 is 0. The maximum Gasteiger partial charge on any atom is 0.0490 e. The lowest BCUT2D eigenvalue weighted by molar-refractivity contribution is 0.140. The summed E-state index contributed by atoms with van der Waals surface area (Å²) in [7, 11) is 0.775. The van der Waals surface area contributed by atoms with Crippen LogP contribution in [0.3, 0.4) is 0 Å². The van der Waals surface area contributed by atoms with Crippen LogP contribution >= 0.6 is 8.58 Å². The highest BCUT2D eigenvalue weighted by atomic mass is 31.1. The molecule has 0 saturated carbocycles. The van der Waals surface area contributed by atoms with Crippen LogP contribution in [0.2, 0.25) is 0 Å². The lowest BCUT2D eigenvalue weighted by Crippen LogP contribution is -2.48. The van der Waals surface area contributed by atoms with Gasteiger partial charge in [-0.15, -0.1) is 0 Å². The fourth-order valence-electron chi connectivity index (χ4n) is 3.72. The first kappa shape index (κ1) is 16.1. The molecule has 4 rings (SSSR count). The van der Waals surface area contributed by atoms with Gasteiger partial charge in [0.05, 0.1) is 0 Å². The standard InChI is InChI=1S/C20H26N3P/c1-2-21-11-13-22(14-12-21)15-16-23-17-7-3-5-9-19(17)24-20-10-6-4-8-18(20)23/h3-10,24H,2,11-16H2,1H3. The van der Waals surface area contributed by atoms with Crippen LogP contribution < -0.4 is 15.5 Å². The molecule has 0 atom stereocenters. The zero-order valence-electron chi connectivity index (χ0n) is 14.4. The van der Waals surface area contributed by atoms with Crippen LogP contribution in [0.4, 0.5) is 11.4 Å². The second-order valence-corrected chi connectivity index (χ2v) is 7.91. The number of anilines is 2. The molecule has 2 aliphatic heterocycles. The molecule has 0 amide bonds. The summed E-state index contributed by atoms with van der Waals surface area (Å²) in [6, 6.07) is 17.8. The van der Waals surface area contributed by atoms with E-state index < -0.39 is 0 Å². The fraction of sp³-hybridized carbons (Fsp3) is 0.400. The Hall–Kier alpha value is -1.41. The average molecular weight is 339 g/mol. The van der Waals surface area contributed by atoms with E-state index in [1.54, 1.807) is 0 Å². The molecular weight excluding hydrogens is 313 g/mol. The molecule has 2 aliphatic rings. The molecule has 1 saturated heterocycles. The summed E-state index contributed by atoms with van der Waals surface area (Å²) in [5.41, 5.74) is 2.81. The monoisotopic (exact) mass is 339 g/mol. The highest BCUT2D eigenvalue weighted by Crippen LogP contribution is 2.34. The van der Waals surface area contributed by atoms with Gasteiger partial charge in [-0.1, -0.05) is 51.9 Å². The molecule has 3 nitrogen and oxygen atoms in total. The molecule has 0 unspecified atom stereocenters. The van der Waals surface area contributed by atoms with Crippen molar-refractivity contribution in [3.05, 3.63) is 48.5 Å². The van der Waals surface area contributed by atoms with Gasteiger partial charge in [0.25, 0.3) is 0 Å². The number of hydrogen-bond donors (Lipinski definition) is 0. The van der Waals surface area contributed by atoms with Crippen LogP contribution in [0.15, 0.2) is 48.5 Å². The molecule has 0 bridgehead atoms. The Balaban J connectivity index is 1.51. The van der Waals surface area contributed by atoms with Gasteiger partial charge in [-0.2, -0.15) is 0 Å². The Morgan fingerprint density at radius 1 is 0.750 bits per heavy atom. The minimum absolute atomic E-state index is 0.775. The summed E-state index contributed by atoms with van der Waals surface area (Å²) in [4.78, 5) is 7.70. The van der Waals surface area contributed by atoms with Gasteiger partial charge in [-0.25, -0.2) is 0 Å². The highest BCUT2D eigenvalue weighted by Gasteiger charge is 2.23. The van der Waals surface area contributed by atoms with Gasteiger partial charge in [-0.05, 0) is 18.7 Å². The Morgan fingerprint density at radius 2 is 1.29 bits per heavy atom. The van der Waals surface area contributed by atoms with Crippen molar-refractivity contribution in [1.82, 2.24) is 9.80 Å². The topological polar surface area (TPSA) is 9.72 Å². The normalized spacial score (nSPS) is 18.3. The highest BCUT2D eigenvalue weighted by molar-refractivity contribution is 7.56. The average Bonchev–Trinajstić information content (AvgIpc) is 2.65. The minimum Gasteiger partial charge on any atom is -0.339 e. The smallest absolute Gasteiger partial charge is 0.0490 e.